The van der Waals surface area contributed by atoms with Crippen LogP contribution in [0, 0.1) is 0 Å². The summed E-state index contributed by atoms with van der Waals surface area (Å²) in [4.78, 5) is 26.7. The lowest BCUT2D eigenvalue weighted by atomic mass is 10.0. The molecule has 1 aliphatic heterocycles. The Morgan fingerprint density at radius 1 is 1.17 bits per heavy atom. The van der Waals surface area contributed by atoms with E-state index in [1.54, 1.807) is 37.4 Å². The fourth-order valence-electron chi connectivity index (χ4n) is 4.41. The van der Waals surface area contributed by atoms with Crippen molar-refractivity contribution in [2.45, 2.75) is 30.7 Å². The number of sulfone groups is 1. The predicted molar refractivity (Wildman–Crippen MR) is 133 cm³/mol. The van der Waals surface area contributed by atoms with Crippen LogP contribution in [0.1, 0.15) is 31.4 Å². The zero-order valence-corrected chi connectivity index (χ0v) is 20.7. The molecule has 8 nitrogen and oxygen atoms in total. The molecule has 2 aromatic carbocycles. The molecule has 5 rings (SSSR count). The van der Waals surface area contributed by atoms with Gasteiger partial charge in [-0.3, -0.25) is 9.78 Å². The van der Waals surface area contributed by atoms with Crippen LogP contribution in [0.2, 0.25) is 5.02 Å². The molecule has 1 fully saturated rings. The maximum atomic E-state index is 12.3. The Hall–Kier alpha value is -3.43. The van der Waals surface area contributed by atoms with Gasteiger partial charge in [-0.2, -0.15) is 0 Å². The van der Waals surface area contributed by atoms with E-state index in [0.717, 1.165) is 30.2 Å². The molecular weight excluding hydrogens is 488 g/mol. The van der Waals surface area contributed by atoms with Gasteiger partial charge in [0.2, 0.25) is 5.91 Å². The summed E-state index contributed by atoms with van der Waals surface area (Å²) in [6.07, 6.45) is 4.49. The molecule has 1 N–H and O–H groups in total. The van der Waals surface area contributed by atoms with Crippen LogP contribution in [-0.4, -0.2) is 47.0 Å². The van der Waals surface area contributed by atoms with Gasteiger partial charge in [-0.05, 0) is 55.3 Å². The Labute approximate surface area is 207 Å². The number of fused-ring (bicyclic) bond motifs is 1. The molecule has 10 heteroatoms. The van der Waals surface area contributed by atoms with Gasteiger partial charge in [0.05, 0.1) is 22.0 Å². The predicted octanol–water partition coefficient (Wildman–Crippen LogP) is 5.16. The fourth-order valence-corrected chi connectivity index (χ4v) is 5.20. The van der Waals surface area contributed by atoms with Crippen molar-refractivity contribution in [2.24, 2.45) is 0 Å². The number of ether oxygens (including phenoxy) is 1. The monoisotopic (exact) mass is 510 g/mol. The number of imidazole rings is 1. The summed E-state index contributed by atoms with van der Waals surface area (Å²) in [5.41, 5.74) is 2.92. The van der Waals surface area contributed by atoms with Crippen molar-refractivity contribution in [2.75, 3.05) is 12.8 Å². The molecular formula is C25H23ClN4O4S. The number of halogens is 1. The SMILES string of the molecule is CC(=O)N1CCCC1c1cc2[nH]c(-c3cc(Cl)ccn3)nc2cc1Oc1ccc(S(C)(=O)=O)cc1. The third-order valence-electron chi connectivity index (χ3n) is 6.07. The van der Waals surface area contributed by atoms with Crippen LogP contribution in [0.15, 0.2) is 59.6 Å². The van der Waals surface area contributed by atoms with Gasteiger partial charge in [0.15, 0.2) is 15.7 Å². The molecule has 0 aliphatic carbocycles. The topological polar surface area (TPSA) is 105 Å². The van der Waals surface area contributed by atoms with Crippen LogP contribution >= 0.6 is 11.6 Å². The van der Waals surface area contributed by atoms with Crippen molar-refractivity contribution in [1.82, 2.24) is 19.9 Å². The van der Waals surface area contributed by atoms with Crippen molar-refractivity contribution in [1.29, 1.82) is 0 Å². The molecule has 1 atom stereocenters. The maximum absolute atomic E-state index is 12.3. The highest BCUT2D eigenvalue weighted by Crippen LogP contribution is 2.41. The second kappa shape index (κ2) is 8.98. The zero-order valence-electron chi connectivity index (χ0n) is 19.2. The van der Waals surface area contributed by atoms with Crippen LogP contribution in [0.25, 0.3) is 22.6 Å². The van der Waals surface area contributed by atoms with E-state index in [-0.39, 0.29) is 16.8 Å². The first kappa shape index (κ1) is 23.3. The minimum atomic E-state index is -3.32. The Kier molecular flexibility index (Phi) is 5.98. The first-order valence-electron chi connectivity index (χ1n) is 11.1. The quantitative estimate of drug-likeness (QED) is 0.397. The van der Waals surface area contributed by atoms with Crippen LogP contribution in [0.3, 0.4) is 0 Å². The van der Waals surface area contributed by atoms with E-state index < -0.39 is 9.84 Å². The number of aromatic nitrogens is 3. The van der Waals surface area contributed by atoms with Gasteiger partial charge in [0.25, 0.3) is 0 Å². The third-order valence-corrected chi connectivity index (χ3v) is 7.44. The number of benzene rings is 2. The summed E-state index contributed by atoms with van der Waals surface area (Å²) >= 11 is 6.13. The van der Waals surface area contributed by atoms with Crippen molar-refractivity contribution < 1.29 is 17.9 Å². The number of carbonyl (C=O) groups excluding carboxylic acids is 1. The average Bonchev–Trinajstić information content (AvgIpc) is 3.45. The van der Waals surface area contributed by atoms with Crippen LogP contribution in [-0.2, 0) is 14.6 Å². The van der Waals surface area contributed by atoms with Crippen LogP contribution < -0.4 is 4.74 Å². The van der Waals surface area contributed by atoms with E-state index in [1.165, 1.54) is 12.1 Å². The number of carbonyl (C=O) groups is 1. The number of rotatable bonds is 5. The number of H-pyrrole nitrogens is 1. The number of hydrogen-bond donors (Lipinski definition) is 1. The molecule has 4 aromatic rings. The molecule has 0 spiro atoms. The molecule has 1 amide bonds. The van der Waals surface area contributed by atoms with E-state index in [2.05, 4.69) is 15.0 Å². The first-order chi connectivity index (χ1) is 16.7. The van der Waals surface area contributed by atoms with E-state index in [9.17, 15) is 13.2 Å². The Balaban J connectivity index is 1.60. The highest BCUT2D eigenvalue weighted by molar-refractivity contribution is 7.90. The summed E-state index contributed by atoms with van der Waals surface area (Å²) in [7, 11) is -3.32. The summed E-state index contributed by atoms with van der Waals surface area (Å²) in [6, 6.07) is 13.3. The fraction of sp³-hybridized carbons (Fsp3) is 0.240. The summed E-state index contributed by atoms with van der Waals surface area (Å²) < 4.78 is 29.9. The van der Waals surface area contributed by atoms with E-state index in [1.807, 2.05) is 17.0 Å². The minimum Gasteiger partial charge on any atom is -0.457 e. The molecule has 0 saturated carbocycles. The van der Waals surface area contributed by atoms with Crippen molar-refractivity contribution >= 4 is 38.4 Å². The van der Waals surface area contributed by atoms with Crippen LogP contribution in [0.5, 0.6) is 11.5 Å². The van der Waals surface area contributed by atoms with Crippen molar-refractivity contribution in [3.05, 3.63) is 65.3 Å². The van der Waals surface area contributed by atoms with E-state index in [4.69, 9.17) is 16.3 Å². The summed E-state index contributed by atoms with van der Waals surface area (Å²) in [5, 5.41) is 0.556. The summed E-state index contributed by atoms with van der Waals surface area (Å²) in [5.74, 6) is 1.61. The van der Waals surface area contributed by atoms with Crippen molar-refractivity contribution in [3.8, 4) is 23.0 Å². The lowest BCUT2D eigenvalue weighted by Gasteiger charge is -2.25. The standard InChI is InChI=1S/C25H23ClN4O4S/c1-15(31)30-11-3-4-23(30)19-13-20-21(29-25(28-20)22-12-16(26)9-10-27-22)14-24(19)34-17-5-7-18(8-6-17)35(2,32)33/h5-10,12-14,23H,3-4,11H2,1-2H3,(H,28,29). The molecule has 180 valence electrons. The highest BCUT2D eigenvalue weighted by Gasteiger charge is 2.31. The van der Waals surface area contributed by atoms with Gasteiger partial charge < -0.3 is 14.6 Å². The second-order valence-corrected chi connectivity index (χ2v) is 11.0. The van der Waals surface area contributed by atoms with Gasteiger partial charge in [-0.1, -0.05) is 11.6 Å². The lowest BCUT2D eigenvalue weighted by molar-refractivity contribution is -0.129. The van der Waals surface area contributed by atoms with Gasteiger partial charge in [0.1, 0.15) is 17.2 Å². The number of aromatic amines is 1. The van der Waals surface area contributed by atoms with Crippen LogP contribution in [0.4, 0.5) is 0 Å². The Bertz CT molecular complexity index is 1530. The van der Waals surface area contributed by atoms with E-state index >= 15 is 0 Å². The molecule has 1 saturated heterocycles. The van der Waals surface area contributed by atoms with Gasteiger partial charge >= 0.3 is 0 Å². The number of pyridine rings is 1. The number of hydrogen-bond acceptors (Lipinski definition) is 6. The first-order valence-corrected chi connectivity index (χ1v) is 13.4. The molecule has 3 heterocycles. The van der Waals surface area contributed by atoms with Gasteiger partial charge in [-0.15, -0.1) is 0 Å². The molecule has 2 aromatic heterocycles. The maximum Gasteiger partial charge on any atom is 0.219 e. The molecule has 1 aliphatic rings. The third kappa shape index (κ3) is 4.74. The van der Waals surface area contributed by atoms with E-state index in [0.29, 0.717) is 40.1 Å². The molecule has 1 unspecified atom stereocenters. The smallest absolute Gasteiger partial charge is 0.219 e. The molecule has 0 radical (unpaired) electrons. The summed E-state index contributed by atoms with van der Waals surface area (Å²) in [6.45, 7) is 2.25. The largest absolute Gasteiger partial charge is 0.457 e. The molecule has 35 heavy (non-hydrogen) atoms. The average molecular weight is 511 g/mol. The lowest BCUT2D eigenvalue weighted by Crippen LogP contribution is -2.28. The second-order valence-electron chi connectivity index (χ2n) is 8.57. The number of nitrogens with one attached hydrogen (secondary N) is 1. The normalized spacial score (nSPS) is 16.1. The number of amides is 1. The van der Waals surface area contributed by atoms with Gasteiger partial charge in [0, 0.05) is 42.6 Å². The highest BCUT2D eigenvalue weighted by atomic mass is 35.5. The van der Waals surface area contributed by atoms with Crippen molar-refractivity contribution in [3.63, 3.8) is 0 Å². The minimum absolute atomic E-state index is 0.00415. The van der Waals surface area contributed by atoms with Gasteiger partial charge in [-0.25, -0.2) is 13.4 Å². The Morgan fingerprint density at radius 3 is 2.63 bits per heavy atom. The number of likely N-dealkylation sites (tertiary alicyclic amines) is 1. The molecule has 0 bridgehead atoms. The number of nitrogens with zero attached hydrogens (tertiary/aromatic N) is 3. The Morgan fingerprint density at radius 2 is 1.94 bits per heavy atom. The zero-order chi connectivity index (χ0) is 24.7.